The van der Waals surface area contributed by atoms with Crippen molar-refractivity contribution < 1.29 is 13.9 Å². The van der Waals surface area contributed by atoms with Crippen molar-refractivity contribution in [3.05, 3.63) is 24.2 Å². The molecule has 1 aromatic rings. The van der Waals surface area contributed by atoms with Crippen LogP contribution in [0.5, 0.6) is 0 Å². The van der Waals surface area contributed by atoms with E-state index in [1.54, 1.807) is 12.5 Å². The Balaban J connectivity index is 2.48. The van der Waals surface area contributed by atoms with Gasteiger partial charge in [-0.3, -0.25) is 4.79 Å². The molecule has 0 fully saturated rings. The van der Waals surface area contributed by atoms with Gasteiger partial charge in [-0.2, -0.15) is 0 Å². The van der Waals surface area contributed by atoms with Crippen LogP contribution in [0.1, 0.15) is 32.3 Å². The van der Waals surface area contributed by atoms with Crippen LogP contribution in [-0.2, 0) is 16.0 Å². The normalized spacial score (nSPS) is 12.7. The maximum atomic E-state index is 11.8. The van der Waals surface area contributed by atoms with Crippen molar-refractivity contribution in [1.82, 2.24) is 0 Å². The third-order valence-corrected chi connectivity index (χ3v) is 2.24. The summed E-state index contributed by atoms with van der Waals surface area (Å²) in [6.45, 7) is 4.55. The highest BCUT2D eigenvalue weighted by Crippen LogP contribution is 2.09. The molecule has 15 heavy (non-hydrogen) atoms. The smallest absolute Gasteiger partial charge is 0.166 e. The van der Waals surface area contributed by atoms with E-state index in [9.17, 15) is 4.79 Å². The van der Waals surface area contributed by atoms with Gasteiger partial charge in [-0.05, 0) is 25.0 Å². The maximum Gasteiger partial charge on any atom is 0.166 e. The summed E-state index contributed by atoms with van der Waals surface area (Å²) in [5.41, 5.74) is 0.917. The van der Waals surface area contributed by atoms with E-state index in [2.05, 4.69) is 6.92 Å². The van der Waals surface area contributed by atoms with Crippen LogP contribution in [0.3, 0.4) is 0 Å². The molecule has 0 saturated carbocycles. The molecule has 1 rings (SSSR count). The number of hydrogen-bond donors (Lipinski definition) is 0. The van der Waals surface area contributed by atoms with Gasteiger partial charge in [0.1, 0.15) is 6.10 Å². The first kappa shape index (κ1) is 12.0. The van der Waals surface area contributed by atoms with Gasteiger partial charge >= 0.3 is 0 Å². The van der Waals surface area contributed by atoms with E-state index in [4.69, 9.17) is 9.15 Å². The van der Waals surface area contributed by atoms with Gasteiger partial charge in [-0.15, -0.1) is 0 Å². The molecule has 0 aliphatic carbocycles. The molecule has 0 aliphatic rings. The molecule has 0 spiro atoms. The standard InChI is InChI=1S/C12H18O3/c1-3-5-12(15-4-2)11(13)8-10-6-7-14-9-10/h6-7,9,12H,3-5,8H2,1-2H3. The summed E-state index contributed by atoms with van der Waals surface area (Å²) in [6.07, 6.45) is 5.09. The van der Waals surface area contributed by atoms with Crippen LogP contribution in [0, 0.1) is 0 Å². The van der Waals surface area contributed by atoms with Gasteiger partial charge in [0, 0.05) is 13.0 Å². The minimum absolute atomic E-state index is 0.139. The molecule has 84 valence electrons. The van der Waals surface area contributed by atoms with Gasteiger partial charge in [-0.25, -0.2) is 0 Å². The second kappa shape index (κ2) is 6.40. The minimum atomic E-state index is -0.255. The van der Waals surface area contributed by atoms with Gasteiger partial charge in [-0.1, -0.05) is 13.3 Å². The number of furan rings is 1. The first-order valence-electron chi connectivity index (χ1n) is 5.43. The number of carbonyl (C=O) groups excluding carboxylic acids is 1. The van der Waals surface area contributed by atoms with E-state index >= 15 is 0 Å². The fraction of sp³-hybridized carbons (Fsp3) is 0.583. The molecule has 3 nitrogen and oxygen atoms in total. The Morgan fingerprint density at radius 3 is 2.87 bits per heavy atom. The zero-order valence-corrected chi connectivity index (χ0v) is 9.36. The summed E-state index contributed by atoms with van der Waals surface area (Å²) in [5, 5.41) is 0. The highest BCUT2D eigenvalue weighted by Gasteiger charge is 2.17. The van der Waals surface area contributed by atoms with Crippen molar-refractivity contribution in [3.8, 4) is 0 Å². The molecular weight excluding hydrogens is 192 g/mol. The predicted octanol–water partition coefficient (Wildman–Crippen LogP) is 2.60. The molecule has 0 amide bonds. The zero-order chi connectivity index (χ0) is 11.1. The Hall–Kier alpha value is -1.09. The van der Waals surface area contributed by atoms with Gasteiger partial charge in [0.05, 0.1) is 12.5 Å². The van der Waals surface area contributed by atoms with E-state index in [1.807, 2.05) is 13.0 Å². The lowest BCUT2D eigenvalue weighted by Crippen LogP contribution is -2.25. The molecule has 0 bridgehead atoms. The average Bonchev–Trinajstić information content (AvgIpc) is 2.70. The van der Waals surface area contributed by atoms with Crippen molar-refractivity contribution >= 4 is 5.78 Å². The summed E-state index contributed by atoms with van der Waals surface area (Å²) < 4.78 is 10.3. The summed E-state index contributed by atoms with van der Waals surface area (Å²) in [7, 11) is 0. The second-order valence-corrected chi connectivity index (χ2v) is 3.51. The molecule has 0 aliphatic heterocycles. The molecule has 0 N–H and O–H groups in total. The van der Waals surface area contributed by atoms with Crippen molar-refractivity contribution in [2.75, 3.05) is 6.61 Å². The number of rotatable bonds is 7. The third-order valence-electron chi connectivity index (χ3n) is 2.24. The van der Waals surface area contributed by atoms with Crippen molar-refractivity contribution in [2.45, 2.75) is 39.2 Å². The van der Waals surface area contributed by atoms with E-state index in [-0.39, 0.29) is 11.9 Å². The molecule has 1 unspecified atom stereocenters. The molecule has 0 saturated heterocycles. The first-order valence-corrected chi connectivity index (χ1v) is 5.43. The lowest BCUT2D eigenvalue weighted by molar-refractivity contribution is -0.130. The van der Waals surface area contributed by atoms with Crippen molar-refractivity contribution in [2.24, 2.45) is 0 Å². The molecule has 1 atom stereocenters. The number of ketones is 1. The Morgan fingerprint density at radius 1 is 1.53 bits per heavy atom. The fourth-order valence-electron chi connectivity index (χ4n) is 1.51. The molecule has 3 heteroatoms. The van der Waals surface area contributed by atoms with E-state index < -0.39 is 0 Å². The summed E-state index contributed by atoms with van der Waals surface area (Å²) in [5.74, 6) is 0.139. The molecule has 0 aromatic carbocycles. The lowest BCUT2D eigenvalue weighted by Gasteiger charge is -2.14. The van der Waals surface area contributed by atoms with Crippen molar-refractivity contribution in [3.63, 3.8) is 0 Å². The largest absolute Gasteiger partial charge is 0.472 e. The van der Waals surface area contributed by atoms with Crippen LogP contribution in [0.25, 0.3) is 0 Å². The average molecular weight is 210 g/mol. The minimum Gasteiger partial charge on any atom is -0.472 e. The second-order valence-electron chi connectivity index (χ2n) is 3.51. The molecular formula is C12H18O3. The number of hydrogen-bond acceptors (Lipinski definition) is 3. The molecule has 1 heterocycles. The Morgan fingerprint density at radius 2 is 2.33 bits per heavy atom. The van der Waals surface area contributed by atoms with E-state index in [0.29, 0.717) is 13.0 Å². The highest BCUT2D eigenvalue weighted by molar-refractivity contribution is 5.85. The fourth-order valence-corrected chi connectivity index (χ4v) is 1.51. The van der Waals surface area contributed by atoms with Crippen LogP contribution in [0.15, 0.2) is 23.0 Å². The number of Topliss-reactive ketones (excluding diaryl/α,β-unsaturated/α-hetero) is 1. The molecule has 1 aromatic heterocycles. The van der Waals surface area contributed by atoms with E-state index in [1.165, 1.54) is 0 Å². The molecule has 0 radical (unpaired) electrons. The summed E-state index contributed by atoms with van der Waals surface area (Å²) in [4.78, 5) is 11.8. The van der Waals surface area contributed by atoms with Crippen LogP contribution in [-0.4, -0.2) is 18.5 Å². The number of carbonyl (C=O) groups is 1. The first-order chi connectivity index (χ1) is 7.27. The van der Waals surface area contributed by atoms with Crippen LogP contribution in [0.4, 0.5) is 0 Å². The highest BCUT2D eigenvalue weighted by atomic mass is 16.5. The topological polar surface area (TPSA) is 39.4 Å². The van der Waals surface area contributed by atoms with Crippen LogP contribution in [0.2, 0.25) is 0 Å². The summed E-state index contributed by atoms with van der Waals surface area (Å²) >= 11 is 0. The lowest BCUT2D eigenvalue weighted by atomic mass is 10.0. The SMILES string of the molecule is CCCC(OCC)C(=O)Cc1ccoc1. The third kappa shape index (κ3) is 3.88. The van der Waals surface area contributed by atoms with Gasteiger partial charge in [0.2, 0.25) is 0 Å². The Labute approximate surface area is 90.4 Å². The van der Waals surface area contributed by atoms with Gasteiger partial charge in [0.15, 0.2) is 5.78 Å². The van der Waals surface area contributed by atoms with Gasteiger partial charge in [0.25, 0.3) is 0 Å². The predicted molar refractivity (Wildman–Crippen MR) is 57.7 cm³/mol. The number of ether oxygens (including phenoxy) is 1. The summed E-state index contributed by atoms with van der Waals surface area (Å²) in [6, 6.07) is 1.81. The quantitative estimate of drug-likeness (QED) is 0.694. The van der Waals surface area contributed by atoms with Crippen molar-refractivity contribution in [1.29, 1.82) is 0 Å². The zero-order valence-electron chi connectivity index (χ0n) is 9.36. The monoisotopic (exact) mass is 210 g/mol. The Kier molecular flexibility index (Phi) is 5.12. The van der Waals surface area contributed by atoms with Crippen LogP contribution >= 0.6 is 0 Å². The van der Waals surface area contributed by atoms with Crippen LogP contribution < -0.4 is 0 Å². The van der Waals surface area contributed by atoms with Gasteiger partial charge < -0.3 is 9.15 Å². The maximum absolute atomic E-state index is 11.8. The van der Waals surface area contributed by atoms with E-state index in [0.717, 1.165) is 18.4 Å². The Bertz CT molecular complexity index is 271.